The Labute approximate surface area is 89.1 Å². The fourth-order valence-electron chi connectivity index (χ4n) is 2.11. The Morgan fingerprint density at radius 2 is 2.40 bits per heavy atom. The van der Waals surface area contributed by atoms with Gasteiger partial charge in [0.15, 0.2) is 0 Å². The van der Waals surface area contributed by atoms with Crippen LogP contribution in [0.5, 0.6) is 0 Å². The molecule has 1 saturated carbocycles. The van der Waals surface area contributed by atoms with Crippen molar-refractivity contribution in [3.8, 4) is 6.07 Å². The minimum atomic E-state index is -0.131. The van der Waals surface area contributed by atoms with Crippen LogP contribution in [0.25, 0.3) is 0 Å². The minimum absolute atomic E-state index is 0.130. The van der Waals surface area contributed by atoms with E-state index < -0.39 is 0 Å². The van der Waals surface area contributed by atoms with Crippen LogP contribution < -0.4 is 5.73 Å². The van der Waals surface area contributed by atoms with E-state index in [9.17, 15) is 5.11 Å². The number of nitriles is 1. The molecular formula is C12H14N2O. The molecule has 1 aliphatic carbocycles. The highest BCUT2D eigenvalue weighted by Crippen LogP contribution is 2.58. The molecule has 3 nitrogen and oxygen atoms in total. The molecule has 1 aromatic carbocycles. The van der Waals surface area contributed by atoms with Gasteiger partial charge in [-0.15, -0.1) is 0 Å². The molecule has 1 fully saturated rings. The van der Waals surface area contributed by atoms with Crippen molar-refractivity contribution in [3.05, 3.63) is 35.4 Å². The van der Waals surface area contributed by atoms with Crippen molar-refractivity contribution in [1.29, 1.82) is 5.26 Å². The second-order valence-electron chi connectivity index (χ2n) is 4.22. The van der Waals surface area contributed by atoms with Crippen molar-refractivity contribution in [2.45, 2.75) is 12.3 Å². The van der Waals surface area contributed by atoms with E-state index in [1.54, 1.807) is 6.07 Å². The Hall–Kier alpha value is -1.37. The van der Waals surface area contributed by atoms with Gasteiger partial charge in [-0.1, -0.05) is 12.1 Å². The maximum Gasteiger partial charge on any atom is 0.0991 e. The molecule has 1 aliphatic rings. The van der Waals surface area contributed by atoms with Crippen LogP contribution in [-0.2, 0) is 0 Å². The SMILES string of the molecule is N#Cc1cccc(C2CC2(CN)CO)c1. The Morgan fingerprint density at radius 1 is 1.60 bits per heavy atom. The molecule has 78 valence electrons. The lowest BCUT2D eigenvalue weighted by molar-refractivity contribution is 0.211. The molecule has 3 heteroatoms. The highest BCUT2D eigenvalue weighted by atomic mass is 16.3. The lowest BCUT2D eigenvalue weighted by Gasteiger charge is -2.10. The van der Waals surface area contributed by atoms with Crippen molar-refractivity contribution in [3.63, 3.8) is 0 Å². The normalized spacial score (nSPS) is 28.5. The summed E-state index contributed by atoms with van der Waals surface area (Å²) in [6, 6.07) is 9.67. The number of rotatable bonds is 3. The summed E-state index contributed by atoms with van der Waals surface area (Å²) in [6.07, 6.45) is 0.925. The lowest BCUT2D eigenvalue weighted by Crippen LogP contribution is -2.21. The fraction of sp³-hybridized carbons (Fsp3) is 0.417. The first-order chi connectivity index (χ1) is 7.25. The topological polar surface area (TPSA) is 70.0 Å². The predicted octanol–water partition coefficient (Wildman–Crippen LogP) is 0.983. The lowest BCUT2D eigenvalue weighted by atomic mass is 9.99. The van der Waals surface area contributed by atoms with E-state index in [-0.39, 0.29) is 12.0 Å². The molecule has 15 heavy (non-hydrogen) atoms. The van der Waals surface area contributed by atoms with Crippen molar-refractivity contribution >= 4 is 0 Å². The molecule has 0 spiro atoms. The van der Waals surface area contributed by atoms with Crippen molar-refractivity contribution in [1.82, 2.24) is 0 Å². The summed E-state index contributed by atoms with van der Waals surface area (Å²) in [5.74, 6) is 0.320. The molecule has 3 N–H and O–H groups in total. The van der Waals surface area contributed by atoms with Crippen molar-refractivity contribution in [2.75, 3.05) is 13.2 Å². The van der Waals surface area contributed by atoms with E-state index in [4.69, 9.17) is 11.0 Å². The van der Waals surface area contributed by atoms with Crippen LogP contribution in [0.4, 0.5) is 0 Å². The van der Waals surface area contributed by atoms with Gasteiger partial charge in [0, 0.05) is 12.0 Å². The Bertz CT molecular complexity index is 404. The summed E-state index contributed by atoms with van der Waals surface area (Å²) in [5.41, 5.74) is 7.31. The molecule has 2 rings (SSSR count). The van der Waals surface area contributed by atoms with E-state index in [1.165, 1.54) is 0 Å². The van der Waals surface area contributed by atoms with Gasteiger partial charge in [0.25, 0.3) is 0 Å². The predicted molar refractivity (Wildman–Crippen MR) is 57.1 cm³/mol. The largest absolute Gasteiger partial charge is 0.396 e. The first-order valence-electron chi connectivity index (χ1n) is 5.07. The molecule has 0 aliphatic heterocycles. The van der Waals surface area contributed by atoms with Gasteiger partial charge in [0.2, 0.25) is 0 Å². The quantitative estimate of drug-likeness (QED) is 0.767. The summed E-state index contributed by atoms with van der Waals surface area (Å²) < 4.78 is 0. The summed E-state index contributed by atoms with van der Waals surface area (Å²) in [7, 11) is 0. The number of aliphatic hydroxyl groups excluding tert-OH is 1. The van der Waals surface area contributed by atoms with Crippen LogP contribution in [0.2, 0.25) is 0 Å². The molecule has 1 aromatic rings. The van der Waals surface area contributed by atoms with E-state index in [2.05, 4.69) is 6.07 Å². The second-order valence-corrected chi connectivity index (χ2v) is 4.22. The van der Waals surface area contributed by atoms with Crippen LogP contribution in [0, 0.1) is 16.7 Å². The molecule has 0 amide bonds. The first-order valence-corrected chi connectivity index (χ1v) is 5.07. The molecule has 2 unspecified atom stereocenters. The molecule has 0 saturated heterocycles. The van der Waals surface area contributed by atoms with Crippen LogP contribution in [-0.4, -0.2) is 18.3 Å². The number of hydrogen-bond donors (Lipinski definition) is 2. The highest BCUT2D eigenvalue weighted by molar-refractivity contribution is 5.38. The van der Waals surface area contributed by atoms with Gasteiger partial charge in [0.1, 0.15) is 0 Å². The van der Waals surface area contributed by atoms with Gasteiger partial charge in [-0.25, -0.2) is 0 Å². The number of benzene rings is 1. The summed E-state index contributed by atoms with van der Waals surface area (Å²) in [4.78, 5) is 0. The van der Waals surface area contributed by atoms with Gasteiger partial charge < -0.3 is 10.8 Å². The number of nitrogens with zero attached hydrogens (tertiary/aromatic N) is 1. The molecule has 0 heterocycles. The summed E-state index contributed by atoms with van der Waals surface area (Å²) >= 11 is 0. The van der Waals surface area contributed by atoms with E-state index in [1.807, 2.05) is 18.2 Å². The van der Waals surface area contributed by atoms with Gasteiger partial charge in [-0.05, 0) is 30.0 Å². The van der Waals surface area contributed by atoms with Crippen molar-refractivity contribution < 1.29 is 5.11 Å². The zero-order chi connectivity index (χ0) is 10.9. The first kappa shape index (κ1) is 10.2. The van der Waals surface area contributed by atoms with Crippen molar-refractivity contribution in [2.24, 2.45) is 11.1 Å². The summed E-state index contributed by atoms with van der Waals surface area (Å²) in [5, 5.41) is 18.1. The van der Waals surface area contributed by atoms with Crippen LogP contribution in [0.15, 0.2) is 24.3 Å². The molecule has 0 aromatic heterocycles. The maximum atomic E-state index is 9.27. The third kappa shape index (κ3) is 1.63. The standard InChI is InChI=1S/C12H14N2O/c13-6-9-2-1-3-10(4-9)11-5-12(11,7-14)8-15/h1-4,11,15H,5,7-8,14H2. The monoisotopic (exact) mass is 202 g/mol. The molecular weight excluding hydrogens is 188 g/mol. The van der Waals surface area contributed by atoms with E-state index in [0.29, 0.717) is 18.0 Å². The van der Waals surface area contributed by atoms with Crippen LogP contribution in [0.1, 0.15) is 23.5 Å². The summed E-state index contributed by atoms with van der Waals surface area (Å²) in [6.45, 7) is 0.635. The number of aliphatic hydroxyl groups is 1. The zero-order valence-electron chi connectivity index (χ0n) is 8.48. The third-order valence-electron chi connectivity index (χ3n) is 3.33. The average molecular weight is 202 g/mol. The molecule has 2 atom stereocenters. The number of hydrogen-bond acceptors (Lipinski definition) is 3. The van der Waals surface area contributed by atoms with E-state index >= 15 is 0 Å². The Morgan fingerprint density at radius 3 is 2.93 bits per heavy atom. The van der Waals surface area contributed by atoms with Crippen LogP contribution >= 0.6 is 0 Å². The van der Waals surface area contributed by atoms with E-state index in [0.717, 1.165) is 12.0 Å². The Balaban J connectivity index is 2.23. The molecule has 0 bridgehead atoms. The third-order valence-corrected chi connectivity index (χ3v) is 3.33. The number of nitrogens with two attached hydrogens (primary N) is 1. The van der Waals surface area contributed by atoms with Gasteiger partial charge in [-0.3, -0.25) is 0 Å². The van der Waals surface area contributed by atoms with Crippen LogP contribution in [0.3, 0.4) is 0 Å². The molecule has 0 radical (unpaired) electrons. The average Bonchev–Trinajstić information content (AvgIpc) is 3.04. The van der Waals surface area contributed by atoms with Gasteiger partial charge in [0.05, 0.1) is 18.2 Å². The minimum Gasteiger partial charge on any atom is -0.396 e. The van der Waals surface area contributed by atoms with Gasteiger partial charge >= 0.3 is 0 Å². The Kier molecular flexibility index (Phi) is 2.47. The fourth-order valence-corrected chi connectivity index (χ4v) is 2.11. The van der Waals surface area contributed by atoms with Gasteiger partial charge in [-0.2, -0.15) is 5.26 Å². The second kappa shape index (κ2) is 3.65. The zero-order valence-corrected chi connectivity index (χ0v) is 8.48. The maximum absolute atomic E-state index is 9.27. The smallest absolute Gasteiger partial charge is 0.0991 e. The highest BCUT2D eigenvalue weighted by Gasteiger charge is 2.53.